The zero-order valence-electron chi connectivity index (χ0n) is 13.8. The van der Waals surface area contributed by atoms with Crippen LogP contribution in [0.1, 0.15) is 13.3 Å². The number of nitrogens with one attached hydrogen (secondary N) is 1. The first kappa shape index (κ1) is 17.2. The van der Waals surface area contributed by atoms with Crippen LogP contribution in [0.25, 0.3) is 0 Å². The zero-order chi connectivity index (χ0) is 17.6. The molecule has 3 rings (SSSR count). The molecule has 25 heavy (non-hydrogen) atoms. The molecule has 0 radical (unpaired) electrons. The average molecular weight is 354 g/mol. The van der Waals surface area contributed by atoms with Gasteiger partial charge in [0.2, 0.25) is 11.8 Å². The summed E-state index contributed by atoms with van der Waals surface area (Å²) < 4.78 is 0. The van der Waals surface area contributed by atoms with E-state index in [-0.39, 0.29) is 18.2 Å². The van der Waals surface area contributed by atoms with Crippen molar-refractivity contribution in [1.82, 2.24) is 9.88 Å². The van der Waals surface area contributed by atoms with E-state index < -0.39 is 5.25 Å². The summed E-state index contributed by atoms with van der Waals surface area (Å²) in [5, 5.41) is 2.93. The van der Waals surface area contributed by atoms with E-state index >= 15 is 0 Å². The van der Waals surface area contributed by atoms with Crippen molar-refractivity contribution >= 4 is 40.2 Å². The molecule has 2 amide bonds. The third-order valence-electron chi connectivity index (χ3n) is 3.62. The van der Waals surface area contributed by atoms with Gasteiger partial charge in [-0.2, -0.15) is 0 Å². The van der Waals surface area contributed by atoms with Gasteiger partial charge in [0.05, 0.1) is 0 Å². The van der Waals surface area contributed by atoms with Gasteiger partial charge in [0.15, 0.2) is 11.0 Å². The van der Waals surface area contributed by atoms with Gasteiger partial charge in [-0.25, -0.2) is 9.98 Å². The summed E-state index contributed by atoms with van der Waals surface area (Å²) in [4.78, 5) is 35.0. The number of amidine groups is 1. The molecule has 1 saturated heterocycles. The summed E-state index contributed by atoms with van der Waals surface area (Å²) in [7, 11) is 0. The monoisotopic (exact) mass is 354 g/mol. The van der Waals surface area contributed by atoms with Gasteiger partial charge in [0, 0.05) is 24.8 Å². The highest BCUT2D eigenvalue weighted by Crippen LogP contribution is 2.31. The first-order chi connectivity index (χ1) is 12.2. The number of carbonyl (C=O) groups is 2. The number of aromatic nitrogens is 1. The molecule has 0 aliphatic carbocycles. The third-order valence-corrected chi connectivity index (χ3v) is 4.80. The average Bonchev–Trinajstić information content (AvgIpc) is 2.91. The Balaban J connectivity index is 1.69. The number of amides is 2. The number of para-hydroxylation sites is 1. The van der Waals surface area contributed by atoms with E-state index in [0.29, 0.717) is 17.5 Å². The SMILES string of the molecule is CCN1C(=O)C(CC(=O)Nc2ccccc2)SC1=Nc1ccccn1. The molecule has 0 saturated carbocycles. The zero-order valence-corrected chi connectivity index (χ0v) is 14.6. The molecule has 1 aliphatic heterocycles. The smallest absolute Gasteiger partial charge is 0.242 e. The molecular weight excluding hydrogens is 336 g/mol. The van der Waals surface area contributed by atoms with Gasteiger partial charge in [-0.15, -0.1) is 0 Å². The van der Waals surface area contributed by atoms with Crippen LogP contribution in [0.4, 0.5) is 11.5 Å². The van der Waals surface area contributed by atoms with E-state index in [1.165, 1.54) is 11.8 Å². The normalized spacial score (nSPS) is 18.6. The van der Waals surface area contributed by atoms with Crippen molar-refractivity contribution in [1.29, 1.82) is 0 Å². The van der Waals surface area contributed by atoms with E-state index in [4.69, 9.17) is 0 Å². The lowest BCUT2D eigenvalue weighted by atomic mass is 10.2. The predicted octanol–water partition coefficient (Wildman–Crippen LogP) is 3.06. The summed E-state index contributed by atoms with van der Waals surface area (Å²) in [5.41, 5.74) is 0.720. The molecule has 1 aliphatic rings. The van der Waals surface area contributed by atoms with Crippen molar-refractivity contribution in [3.05, 3.63) is 54.7 Å². The minimum absolute atomic E-state index is 0.0922. The Kier molecular flexibility index (Phi) is 5.45. The van der Waals surface area contributed by atoms with Crippen molar-refractivity contribution in [2.75, 3.05) is 11.9 Å². The highest BCUT2D eigenvalue weighted by Gasteiger charge is 2.38. The van der Waals surface area contributed by atoms with Crippen LogP contribution in [0.2, 0.25) is 0 Å². The van der Waals surface area contributed by atoms with Crippen molar-refractivity contribution in [3.63, 3.8) is 0 Å². The van der Waals surface area contributed by atoms with Crippen LogP contribution in [-0.2, 0) is 9.59 Å². The van der Waals surface area contributed by atoms with Crippen molar-refractivity contribution in [2.45, 2.75) is 18.6 Å². The summed E-state index contributed by atoms with van der Waals surface area (Å²) in [6.45, 7) is 2.40. The number of nitrogens with zero attached hydrogens (tertiary/aromatic N) is 3. The standard InChI is InChI=1S/C18H18N4O2S/c1-2-22-17(24)14(12-16(23)20-13-8-4-3-5-9-13)25-18(22)21-15-10-6-7-11-19-15/h3-11,14H,2,12H2,1H3,(H,20,23). The number of carbonyl (C=O) groups excluding carboxylic acids is 2. The highest BCUT2D eigenvalue weighted by molar-refractivity contribution is 8.15. The number of benzene rings is 1. The molecule has 0 spiro atoms. The van der Waals surface area contributed by atoms with Crippen molar-refractivity contribution in [2.24, 2.45) is 4.99 Å². The summed E-state index contributed by atoms with van der Waals surface area (Å²) >= 11 is 1.31. The number of aliphatic imine (C=N–C) groups is 1. The fourth-order valence-corrected chi connectivity index (χ4v) is 3.65. The molecule has 6 nitrogen and oxygen atoms in total. The number of hydrogen-bond acceptors (Lipinski definition) is 5. The molecule has 1 aromatic heterocycles. The quantitative estimate of drug-likeness (QED) is 0.895. The van der Waals surface area contributed by atoms with Gasteiger partial charge in [-0.3, -0.25) is 14.5 Å². The minimum Gasteiger partial charge on any atom is -0.326 e. The molecule has 2 aromatic rings. The first-order valence-electron chi connectivity index (χ1n) is 8.00. The maximum atomic E-state index is 12.5. The molecular formula is C18H18N4O2S. The van der Waals surface area contributed by atoms with Crippen LogP contribution < -0.4 is 5.32 Å². The molecule has 1 atom stereocenters. The maximum Gasteiger partial charge on any atom is 0.242 e. The highest BCUT2D eigenvalue weighted by atomic mass is 32.2. The van der Waals surface area contributed by atoms with E-state index in [1.807, 2.05) is 49.4 Å². The molecule has 1 unspecified atom stereocenters. The third kappa shape index (κ3) is 4.24. The summed E-state index contributed by atoms with van der Waals surface area (Å²) in [6, 6.07) is 14.6. The number of pyridine rings is 1. The Hall–Kier alpha value is -2.67. The Bertz CT molecular complexity index is 780. The molecule has 128 valence electrons. The van der Waals surface area contributed by atoms with Crippen LogP contribution in [0.15, 0.2) is 59.7 Å². The lowest BCUT2D eigenvalue weighted by molar-refractivity contribution is -0.128. The molecule has 1 aromatic carbocycles. The van der Waals surface area contributed by atoms with Gasteiger partial charge in [-0.05, 0) is 31.2 Å². The Morgan fingerprint density at radius 2 is 2.00 bits per heavy atom. The second-order valence-electron chi connectivity index (χ2n) is 5.39. The number of anilines is 1. The van der Waals surface area contributed by atoms with Crippen molar-refractivity contribution in [3.8, 4) is 0 Å². The first-order valence-corrected chi connectivity index (χ1v) is 8.88. The topological polar surface area (TPSA) is 74.7 Å². The largest absolute Gasteiger partial charge is 0.326 e. The van der Waals surface area contributed by atoms with Crippen LogP contribution >= 0.6 is 11.8 Å². The van der Waals surface area contributed by atoms with Gasteiger partial charge >= 0.3 is 0 Å². The fraction of sp³-hybridized carbons (Fsp3) is 0.222. The van der Waals surface area contributed by atoms with Crippen LogP contribution in [0.3, 0.4) is 0 Å². The Morgan fingerprint density at radius 3 is 2.68 bits per heavy atom. The number of hydrogen-bond donors (Lipinski definition) is 1. The summed E-state index contributed by atoms with van der Waals surface area (Å²) in [6.07, 6.45) is 1.76. The molecule has 2 heterocycles. The van der Waals surface area contributed by atoms with Crippen molar-refractivity contribution < 1.29 is 9.59 Å². The lowest BCUT2D eigenvalue weighted by Gasteiger charge is -2.13. The van der Waals surface area contributed by atoms with Gasteiger partial charge in [-0.1, -0.05) is 36.0 Å². The molecule has 1 N–H and O–H groups in total. The van der Waals surface area contributed by atoms with Gasteiger partial charge in [0.1, 0.15) is 5.25 Å². The van der Waals surface area contributed by atoms with Crippen LogP contribution in [-0.4, -0.2) is 38.7 Å². The Labute approximate surface area is 150 Å². The van der Waals surface area contributed by atoms with Gasteiger partial charge < -0.3 is 5.32 Å². The lowest BCUT2D eigenvalue weighted by Crippen LogP contribution is -2.33. The van der Waals surface area contributed by atoms with E-state index in [0.717, 1.165) is 5.69 Å². The molecule has 0 bridgehead atoms. The van der Waals surface area contributed by atoms with E-state index in [1.54, 1.807) is 17.2 Å². The molecule has 7 heteroatoms. The number of rotatable bonds is 5. The minimum atomic E-state index is -0.467. The van der Waals surface area contributed by atoms with Crippen LogP contribution in [0, 0.1) is 0 Å². The van der Waals surface area contributed by atoms with E-state index in [9.17, 15) is 9.59 Å². The Morgan fingerprint density at radius 1 is 1.24 bits per heavy atom. The maximum absolute atomic E-state index is 12.5. The van der Waals surface area contributed by atoms with E-state index in [2.05, 4.69) is 15.3 Å². The second kappa shape index (κ2) is 7.94. The molecule has 1 fully saturated rings. The van der Waals surface area contributed by atoms with Gasteiger partial charge in [0.25, 0.3) is 0 Å². The summed E-state index contributed by atoms with van der Waals surface area (Å²) in [5.74, 6) is 0.267. The fourth-order valence-electron chi connectivity index (χ4n) is 2.44. The predicted molar refractivity (Wildman–Crippen MR) is 99.8 cm³/mol. The number of thioether (sulfide) groups is 1. The van der Waals surface area contributed by atoms with Crippen LogP contribution in [0.5, 0.6) is 0 Å². The second-order valence-corrected chi connectivity index (χ2v) is 6.56.